The molecule has 37 heavy (non-hydrogen) atoms. The van der Waals surface area contributed by atoms with Gasteiger partial charge in [0, 0.05) is 6.42 Å². The molecule has 4 unspecified atom stereocenters. The molecule has 0 bridgehead atoms. The average molecular weight is 525 g/mol. The van der Waals surface area contributed by atoms with Crippen molar-refractivity contribution in [2.75, 3.05) is 0 Å². The molecular weight excluding hydrogens is 492 g/mol. The molecule has 1 rings (SSSR count). The Morgan fingerprint density at radius 1 is 0.757 bits per heavy atom. The highest BCUT2D eigenvalue weighted by Gasteiger charge is 2.32. The van der Waals surface area contributed by atoms with Crippen LogP contribution in [0.4, 0.5) is 0 Å². The summed E-state index contributed by atoms with van der Waals surface area (Å²) in [4.78, 5) is 71.8. The first-order chi connectivity index (χ1) is 17.2. The molecule has 0 saturated carbocycles. The summed E-state index contributed by atoms with van der Waals surface area (Å²) in [5.74, 6) is -7.35. The first-order valence-corrected chi connectivity index (χ1v) is 11.3. The predicted octanol–water partition coefficient (Wildman–Crippen LogP) is -1.20. The molecule has 0 aliphatic heterocycles. The summed E-state index contributed by atoms with van der Waals surface area (Å²) in [6.45, 7) is 3.46. The van der Waals surface area contributed by atoms with Crippen molar-refractivity contribution in [3.05, 3.63) is 29.8 Å². The second kappa shape index (κ2) is 14.4. The Morgan fingerprint density at radius 3 is 1.73 bits per heavy atom. The largest absolute Gasteiger partial charge is 0.508 e. The number of carboxylic acids is 3. The fourth-order valence-electron chi connectivity index (χ4n) is 3.26. The molecule has 0 saturated heterocycles. The number of hydrogen-bond donors (Lipinski definition) is 8. The lowest BCUT2D eigenvalue weighted by Crippen LogP contribution is -2.58. The van der Waals surface area contributed by atoms with Crippen molar-refractivity contribution in [1.82, 2.24) is 16.0 Å². The van der Waals surface area contributed by atoms with Crippen LogP contribution in [-0.4, -0.2) is 80.2 Å². The van der Waals surface area contributed by atoms with Crippen LogP contribution in [0, 0.1) is 5.92 Å². The van der Waals surface area contributed by atoms with Crippen LogP contribution >= 0.6 is 0 Å². The molecule has 0 aliphatic carbocycles. The van der Waals surface area contributed by atoms with Gasteiger partial charge in [0.25, 0.3) is 0 Å². The van der Waals surface area contributed by atoms with E-state index in [1.165, 1.54) is 24.3 Å². The Labute approximate surface area is 212 Å². The molecular formula is C23H32N4O10. The second-order valence-electron chi connectivity index (χ2n) is 8.82. The highest BCUT2D eigenvalue weighted by molar-refractivity contribution is 5.96. The van der Waals surface area contributed by atoms with Gasteiger partial charge < -0.3 is 42.1 Å². The van der Waals surface area contributed by atoms with Gasteiger partial charge in [-0.15, -0.1) is 0 Å². The van der Waals surface area contributed by atoms with E-state index < -0.39 is 72.6 Å². The molecule has 0 radical (unpaired) electrons. The van der Waals surface area contributed by atoms with Gasteiger partial charge >= 0.3 is 17.9 Å². The quantitative estimate of drug-likeness (QED) is 0.135. The maximum Gasteiger partial charge on any atom is 0.326 e. The van der Waals surface area contributed by atoms with Crippen molar-refractivity contribution in [3.8, 4) is 5.75 Å². The normalized spacial score (nSPS) is 14.1. The van der Waals surface area contributed by atoms with Crippen molar-refractivity contribution in [3.63, 3.8) is 0 Å². The molecule has 0 heterocycles. The maximum absolute atomic E-state index is 12.9. The van der Waals surface area contributed by atoms with Gasteiger partial charge in [-0.2, -0.15) is 0 Å². The zero-order chi connectivity index (χ0) is 28.3. The van der Waals surface area contributed by atoms with Gasteiger partial charge in [0.2, 0.25) is 17.7 Å². The molecule has 1 aromatic rings. The minimum absolute atomic E-state index is 0.0455. The number of phenols is 1. The number of carbonyl (C=O) groups excluding carboxylic acids is 3. The summed E-state index contributed by atoms with van der Waals surface area (Å²) in [5.41, 5.74) is 5.99. The molecule has 9 N–H and O–H groups in total. The summed E-state index contributed by atoms with van der Waals surface area (Å²) >= 11 is 0. The number of rotatable bonds is 15. The maximum atomic E-state index is 12.9. The lowest BCUT2D eigenvalue weighted by Gasteiger charge is -2.25. The number of carboxylic acid groups (broad SMARTS) is 3. The van der Waals surface area contributed by atoms with Gasteiger partial charge in [0.05, 0.1) is 18.9 Å². The average Bonchev–Trinajstić information content (AvgIpc) is 2.77. The van der Waals surface area contributed by atoms with Crippen LogP contribution in [-0.2, 0) is 35.2 Å². The molecule has 3 amide bonds. The summed E-state index contributed by atoms with van der Waals surface area (Å²) in [6, 6.07) is -0.344. The lowest BCUT2D eigenvalue weighted by atomic mass is 10.0. The number of nitrogens with one attached hydrogen (secondary N) is 3. The first-order valence-electron chi connectivity index (χ1n) is 11.3. The summed E-state index contributed by atoms with van der Waals surface area (Å²) in [7, 11) is 0. The fraction of sp³-hybridized carbons (Fsp3) is 0.478. The fourth-order valence-corrected chi connectivity index (χ4v) is 3.26. The summed E-state index contributed by atoms with van der Waals surface area (Å²) < 4.78 is 0. The van der Waals surface area contributed by atoms with Gasteiger partial charge in [0.15, 0.2) is 0 Å². The minimum atomic E-state index is -1.69. The highest BCUT2D eigenvalue weighted by atomic mass is 16.4. The van der Waals surface area contributed by atoms with Gasteiger partial charge in [-0.25, -0.2) is 4.79 Å². The molecule has 14 nitrogen and oxygen atoms in total. The smallest absolute Gasteiger partial charge is 0.326 e. The number of phenolic OH excluding ortho intramolecular Hbond substituents is 1. The Balaban J connectivity index is 3.03. The second-order valence-corrected chi connectivity index (χ2v) is 8.82. The van der Waals surface area contributed by atoms with E-state index in [0.29, 0.717) is 5.56 Å². The van der Waals surface area contributed by atoms with E-state index in [2.05, 4.69) is 16.0 Å². The zero-order valence-corrected chi connectivity index (χ0v) is 20.3. The molecule has 0 spiro atoms. The van der Waals surface area contributed by atoms with Crippen LogP contribution in [0.3, 0.4) is 0 Å². The zero-order valence-electron chi connectivity index (χ0n) is 20.3. The highest BCUT2D eigenvalue weighted by Crippen LogP contribution is 2.12. The molecule has 0 aliphatic rings. The Kier molecular flexibility index (Phi) is 12.0. The number of carbonyl (C=O) groups is 6. The van der Waals surface area contributed by atoms with Crippen LogP contribution < -0.4 is 21.7 Å². The first kappa shape index (κ1) is 30.8. The number of benzene rings is 1. The lowest BCUT2D eigenvalue weighted by molar-refractivity contribution is -0.143. The van der Waals surface area contributed by atoms with Crippen molar-refractivity contribution >= 4 is 35.6 Å². The summed E-state index contributed by atoms with van der Waals surface area (Å²) in [6.07, 6.45) is -1.71. The topological polar surface area (TPSA) is 245 Å². The van der Waals surface area contributed by atoms with Gasteiger partial charge in [-0.05, 0) is 30.0 Å². The van der Waals surface area contributed by atoms with Crippen molar-refractivity contribution in [1.29, 1.82) is 0 Å². The molecule has 14 heteroatoms. The van der Waals surface area contributed by atoms with Crippen molar-refractivity contribution in [2.45, 2.75) is 63.7 Å². The van der Waals surface area contributed by atoms with Crippen molar-refractivity contribution in [2.24, 2.45) is 11.7 Å². The van der Waals surface area contributed by atoms with E-state index >= 15 is 0 Å². The molecule has 4 atom stereocenters. The SMILES string of the molecule is CC(C)CC(NC(=O)C(N)CC(=O)O)C(=O)NC(CC(=O)O)C(=O)NC(Cc1ccc(O)cc1)C(=O)O. The van der Waals surface area contributed by atoms with E-state index in [4.69, 9.17) is 10.8 Å². The van der Waals surface area contributed by atoms with E-state index in [0.717, 1.165) is 0 Å². The van der Waals surface area contributed by atoms with E-state index in [-0.39, 0.29) is 24.5 Å². The van der Waals surface area contributed by atoms with Gasteiger partial charge in [-0.3, -0.25) is 24.0 Å². The van der Waals surface area contributed by atoms with Crippen LogP contribution in [0.25, 0.3) is 0 Å². The number of hydrogen-bond acceptors (Lipinski definition) is 8. The van der Waals surface area contributed by atoms with E-state index in [1.807, 2.05) is 0 Å². The van der Waals surface area contributed by atoms with Crippen LogP contribution in [0.5, 0.6) is 5.75 Å². The summed E-state index contributed by atoms with van der Waals surface area (Å²) in [5, 5.41) is 43.7. The molecule has 0 fully saturated rings. The predicted molar refractivity (Wildman–Crippen MR) is 127 cm³/mol. The molecule has 204 valence electrons. The monoisotopic (exact) mass is 524 g/mol. The number of nitrogens with two attached hydrogens (primary N) is 1. The van der Waals surface area contributed by atoms with E-state index in [1.54, 1.807) is 13.8 Å². The third-order valence-corrected chi connectivity index (χ3v) is 5.07. The Hall–Kier alpha value is -4.20. The minimum Gasteiger partial charge on any atom is -0.508 e. The third-order valence-electron chi connectivity index (χ3n) is 5.07. The molecule has 0 aromatic heterocycles. The van der Waals surface area contributed by atoms with Gasteiger partial charge in [-0.1, -0.05) is 26.0 Å². The van der Waals surface area contributed by atoms with Crippen LogP contribution in [0.2, 0.25) is 0 Å². The van der Waals surface area contributed by atoms with Crippen molar-refractivity contribution < 1.29 is 49.2 Å². The number of amides is 3. The van der Waals surface area contributed by atoms with Crippen LogP contribution in [0.15, 0.2) is 24.3 Å². The van der Waals surface area contributed by atoms with E-state index in [9.17, 15) is 44.1 Å². The van der Waals surface area contributed by atoms with Gasteiger partial charge in [0.1, 0.15) is 23.9 Å². The number of aromatic hydroxyl groups is 1. The third kappa shape index (κ3) is 11.4. The Morgan fingerprint density at radius 2 is 1.24 bits per heavy atom. The molecule has 1 aromatic carbocycles. The standard InChI is InChI=1S/C23H32N4O10/c1-11(2)7-15(25-20(33)14(24)9-18(29)30)21(34)26-16(10-19(31)32)22(35)27-17(23(36)37)8-12-3-5-13(28)6-4-12/h3-6,11,14-17,28H,7-10,24H2,1-2H3,(H,25,33)(H,26,34)(H,27,35)(H,29,30)(H,31,32)(H,36,37). The number of aliphatic carboxylic acids is 3. The van der Waals surface area contributed by atoms with Crippen LogP contribution in [0.1, 0.15) is 38.7 Å². The Bertz CT molecular complexity index is 996.